The molecule has 0 aromatic carbocycles. The van der Waals surface area contributed by atoms with E-state index < -0.39 is 33.2 Å². The van der Waals surface area contributed by atoms with E-state index in [0.717, 1.165) is 6.42 Å². The number of rotatable bonds is 4. The Balaban J connectivity index is 2.28. The Hall–Kier alpha value is -1.15. The summed E-state index contributed by atoms with van der Waals surface area (Å²) >= 11 is 0. The van der Waals surface area contributed by atoms with Gasteiger partial charge in [0.05, 0.1) is 11.2 Å². The highest BCUT2D eigenvalue weighted by molar-refractivity contribution is 7.89. The van der Waals surface area contributed by atoms with Crippen molar-refractivity contribution in [2.45, 2.75) is 49.8 Å². The van der Waals surface area contributed by atoms with Crippen molar-refractivity contribution < 1.29 is 23.1 Å². The Kier molecular flexibility index (Phi) is 4.88. The van der Waals surface area contributed by atoms with Crippen LogP contribution in [0, 0.1) is 5.92 Å². The van der Waals surface area contributed by atoms with Gasteiger partial charge in [0, 0.05) is 13.6 Å². The molecular formula is C13H22N2O5S. The quantitative estimate of drug-likeness (QED) is 0.769. The van der Waals surface area contributed by atoms with Gasteiger partial charge in [-0.15, -0.1) is 0 Å². The molecule has 1 saturated heterocycles. The predicted molar refractivity (Wildman–Crippen MR) is 76.1 cm³/mol. The molecular weight excluding hydrogens is 296 g/mol. The van der Waals surface area contributed by atoms with Crippen LogP contribution < -0.4 is 5.32 Å². The number of carboxylic acid groups (broad SMARTS) is 1. The molecule has 0 bridgehead atoms. The lowest BCUT2D eigenvalue weighted by Crippen LogP contribution is -2.54. The Morgan fingerprint density at radius 2 is 1.86 bits per heavy atom. The third kappa shape index (κ3) is 3.06. The normalized spacial score (nSPS) is 31.0. The molecule has 1 heterocycles. The van der Waals surface area contributed by atoms with Gasteiger partial charge >= 0.3 is 5.97 Å². The van der Waals surface area contributed by atoms with Crippen LogP contribution in [0.25, 0.3) is 0 Å². The average Bonchev–Trinajstić information content (AvgIpc) is 2.97. The van der Waals surface area contributed by atoms with E-state index in [2.05, 4.69) is 5.32 Å². The Morgan fingerprint density at radius 1 is 1.14 bits per heavy atom. The molecule has 3 unspecified atom stereocenters. The van der Waals surface area contributed by atoms with Gasteiger partial charge in [0.25, 0.3) is 0 Å². The lowest BCUT2D eigenvalue weighted by molar-refractivity contribution is -0.141. The number of carbonyl (C=O) groups is 2. The first-order valence-corrected chi connectivity index (χ1v) is 8.85. The summed E-state index contributed by atoms with van der Waals surface area (Å²) in [6.45, 7) is 0.295. The number of hydrogen-bond acceptors (Lipinski definition) is 4. The molecule has 0 spiro atoms. The van der Waals surface area contributed by atoms with Crippen molar-refractivity contribution in [1.29, 1.82) is 0 Å². The lowest BCUT2D eigenvalue weighted by Gasteiger charge is -2.35. The Bertz CT molecular complexity index is 519. The van der Waals surface area contributed by atoms with Gasteiger partial charge < -0.3 is 10.4 Å². The number of aliphatic carboxylic acids is 1. The molecule has 2 N–H and O–H groups in total. The molecule has 0 radical (unpaired) electrons. The van der Waals surface area contributed by atoms with E-state index in [4.69, 9.17) is 0 Å². The molecule has 8 heteroatoms. The molecule has 1 saturated carbocycles. The second kappa shape index (κ2) is 6.31. The predicted octanol–water partition coefficient (Wildman–Crippen LogP) is 0.170. The first-order valence-electron chi connectivity index (χ1n) is 7.34. The first kappa shape index (κ1) is 16.2. The summed E-state index contributed by atoms with van der Waals surface area (Å²) in [5.41, 5.74) is 0. The lowest BCUT2D eigenvalue weighted by atomic mass is 10.0. The number of hydrogen-bond donors (Lipinski definition) is 2. The van der Waals surface area contributed by atoms with Crippen LogP contribution in [0.2, 0.25) is 0 Å². The average molecular weight is 318 g/mol. The number of nitrogens with one attached hydrogen (secondary N) is 1. The van der Waals surface area contributed by atoms with E-state index in [1.165, 1.54) is 11.4 Å². The van der Waals surface area contributed by atoms with Crippen molar-refractivity contribution in [2.75, 3.05) is 13.6 Å². The van der Waals surface area contributed by atoms with E-state index in [1.807, 2.05) is 0 Å². The molecule has 2 fully saturated rings. The molecule has 1 amide bonds. The van der Waals surface area contributed by atoms with Gasteiger partial charge in [0.1, 0.15) is 6.04 Å². The van der Waals surface area contributed by atoms with Gasteiger partial charge in [-0.3, -0.25) is 9.59 Å². The summed E-state index contributed by atoms with van der Waals surface area (Å²) in [4.78, 5) is 23.2. The van der Waals surface area contributed by atoms with Crippen LogP contribution in [0.5, 0.6) is 0 Å². The number of piperidine rings is 1. The van der Waals surface area contributed by atoms with E-state index in [1.54, 1.807) is 0 Å². The van der Waals surface area contributed by atoms with Crippen molar-refractivity contribution in [3.63, 3.8) is 0 Å². The number of amides is 1. The van der Waals surface area contributed by atoms with Gasteiger partial charge in [-0.05, 0) is 25.7 Å². The molecule has 2 aliphatic rings. The maximum Gasteiger partial charge on any atom is 0.307 e. The molecule has 3 atom stereocenters. The molecule has 7 nitrogen and oxygen atoms in total. The second-order valence-corrected chi connectivity index (χ2v) is 7.80. The van der Waals surface area contributed by atoms with Gasteiger partial charge in [-0.25, -0.2) is 8.42 Å². The zero-order valence-corrected chi connectivity index (χ0v) is 12.9. The second-order valence-electron chi connectivity index (χ2n) is 5.70. The highest BCUT2D eigenvalue weighted by Crippen LogP contribution is 2.35. The third-order valence-electron chi connectivity index (χ3n) is 4.48. The summed E-state index contributed by atoms with van der Waals surface area (Å²) in [7, 11) is -2.29. The zero-order chi connectivity index (χ0) is 15.6. The standard InChI is InChI=1S/C13H22N2O5S/c1-14-12(16)10-6-2-3-8-15(10)21(19,20)11-7-4-5-9(11)13(17)18/h9-11H,2-8H2,1H3,(H,14,16)(H,17,18). The third-order valence-corrected chi connectivity index (χ3v) is 6.90. The highest BCUT2D eigenvalue weighted by atomic mass is 32.2. The summed E-state index contributed by atoms with van der Waals surface area (Å²) in [5.74, 6) is -2.24. The van der Waals surface area contributed by atoms with Gasteiger partial charge in [-0.1, -0.05) is 12.8 Å². The van der Waals surface area contributed by atoms with E-state index in [-0.39, 0.29) is 5.91 Å². The van der Waals surface area contributed by atoms with E-state index in [0.29, 0.717) is 38.6 Å². The maximum atomic E-state index is 12.8. The highest BCUT2D eigenvalue weighted by Gasteiger charge is 2.47. The molecule has 21 heavy (non-hydrogen) atoms. The largest absolute Gasteiger partial charge is 0.481 e. The van der Waals surface area contributed by atoms with Crippen molar-refractivity contribution in [2.24, 2.45) is 5.92 Å². The minimum absolute atomic E-state index is 0.295. The van der Waals surface area contributed by atoms with Crippen molar-refractivity contribution in [1.82, 2.24) is 9.62 Å². The van der Waals surface area contributed by atoms with Crippen LogP contribution in [-0.2, 0) is 19.6 Å². The minimum Gasteiger partial charge on any atom is -0.481 e. The molecule has 0 aromatic rings. The first-order chi connectivity index (χ1) is 9.89. The molecule has 1 aliphatic heterocycles. The van der Waals surface area contributed by atoms with Crippen molar-refractivity contribution >= 4 is 21.9 Å². The fourth-order valence-electron chi connectivity index (χ4n) is 3.38. The Morgan fingerprint density at radius 3 is 2.48 bits per heavy atom. The maximum absolute atomic E-state index is 12.8. The number of likely N-dealkylation sites (N-methyl/N-ethyl adjacent to an activating group) is 1. The van der Waals surface area contributed by atoms with Gasteiger partial charge in [0.2, 0.25) is 15.9 Å². The number of nitrogens with zero attached hydrogens (tertiary/aromatic N) is 1. The fraction of sp³-hybridized carbons (Fsp3) is 0.846. The number of sulfonamides is 1. The van der Waals surface area contributed by atoms with Crippen molar-refractivity contribution in [3.8, 4) is 0 Å². The summed E-state index contributed by atoms with van der Waals surface area (Å²) in [5, 5.41) is 10.8. The summed E-state index contributed by atoms with van der Waals surface area (Å²) in [6.07, 6.45) is 3.34. The van der Waals surface area contributed by atoms with Crippen LogP contribution >= 0.6 is 0 Å². The summed E-state index contributed by atoms with van der Waals surface area (Å²) in [6, 6.07) is -0.705. The van der Waals surface area contributed by atoms with E-state index in [9.17, 15) is 23.1 Å². The smallest absolute Gasteiger partial charge is 0.307 e. The van der Waals surface area contributed by atoms with Gasteiger partial charge in [0.15, 0.2) is 0 Å². The van der Waals surface area contributed by atoms with Gasteiger partial charge in [-0.2, -0.15) is 4.31 Å². The Labute approximate surface area is 124 Å². The molecule has 1 aliphatic carbocycles. The molecule has 120 valence electrons. The fourth-order valence-corrected chi connectivity index (χ4v) is 5.80. The van der Waals surface area contributed by atoms with Crippen molar-refractivity contribution in [3.05, 3.63) is 0 Å². The molecule has 2 rings (SSSR count). The minimum atomic E-state index is -3.77. The topological polar surface area (TPSA) is 104 Å². The van der Waals surface area contributed by atoms with Crippen LogP contribution in [0.4, 0.5) is 0 Å². The summed E-state index contributed by atoms with van der Waals surface area (Å²) < 4.78 is 26.9. The molecule has 0 aromatic heterocycles. The zero-order valence-electron chi connectivity index (χ0n) is 12.1. The van der Waals surface area contributed by atoms with Crippen LogP contribution in [0.1, 0.15) is 38.5 Å². The SMILES string of the molecule is CNC(=O)C1CCCCN1S(=O)(=O)C1CCCC1C(=O)O. The van der Waals surface area contributed by atoms with Crippen LogP contribution in [-0.4, -0.2) is 54.6 Å². The van der Waals surface area contributed by atoms with E-state index >= 15 is 0 Å². The number of carboxylic acids is 1. The monoisotopic (exact) mass is 318 g/mol. The number of carbonyl (C=O) groups excluding carboxylic acids is 1. The van der Waals surface area contributed by atoms with Crippen LogP contribution in [0.3, 0.4) is 0 Å². The van der Waals surface area contributed by atoms with Crippen LogP contribution in [0.15, 0.2) is 0 Å².